The van der Waals surface area contributed by atoms with E-state index in [0.29, 0.717) is 12.6 Å². The largest absolute Gasteiger partial charge is 0.396 e. The van der Waals surface area contributed by atoms with Gasteiger partial charge in [0, 0.05) is 25.7 Å². The minimum atomic E-state index is 0.316. The van der Waals surface area contributed by atoms with Crippen LogP contribution in [0.1, 0.15) is 39.0 Å². The van der Waals surface area contributed by atoms with Gasteiger partial charge in [-0.3, -0.25) is 0 Å². The fourth-order valence-corrected chi connectivity index (χ4v) is 2.81. The van der Waals surface area contributed by atoms with Crippen LogP contribution in [0.15, 0.2) is 0 Å². The highest BCUT2D eigenvalue weighted by Crippen LogP contribution is 2.25. The molecule has 3 nitrogen and oxygen atoms in total. The zero-order valence-corrected chi connectivity index (χ0v) is 10.9. The van der Waals surface area contributed by atoms with Crippen molar-refractivity contribution >= 4 is 0 Å². The maximum Gasteiger partial charge on any atom is 0.0443 e. The first-order chi connectivity index (χ1) is 7.81. The third-order valence-corrected chi connectivity index (χ3v) is 3.85. The van der Waals surface area contributed by atoms with Gasteiger partial charge in [-0.15, -0.1) is 0 Å². The molecule has 2 N–H and O–H groups in total. The maximum absolute atomic E-state index is 8.88. The van der Waals surface area contributed by atoms with Crippen molar-refractivity contribution in [3.63, 3.8) is 0 Å². The molecule has 1 fully saturated rings. The minimum Gasteiger partial charge on any atom is -0.396 e. The van der Waals surface area contributed by atoms with Crippen LogP contribution in [0.2, 0.25) is 0 Å². The average molecular weight is 228 g/mol. The third kappa shape index (κ3) is 4.40. The molecule has 0 aromatic heterocycles. The fourth-order valence-electron chi connectivity index (χ4n) is 2.81. The van der Waals surface area contributed by atoms with Crippen molar-refractivity contribution in [3.8, 4) is 0 Å². The van der Waals surface area contributed by atoms with Crippen molar-refractivity contribution < 1.29 is 5.11 Å². The van der Waals surface area contributed by atoms with Crippen molar-refractivity contribution in [3.05, 3.63) is 0 Å². The normalized spacial score (nSPS) is 26.2. The summed E-state index contributed by atoms with van der Waals surface area (Å²) in [5.41, 5.74) is 0. The van der Waals surface area contributed by atoms with Crippen LogP contribution in [0.3, 0.4) is 0 Å². The SMILES string of the molecule is CCN(CCCO)CC1CCCCC1NC. The molecule has 2 unspecified atom stereocenters. The van der Waals surface area contributed by atoms with E-state index in [4.69, 9.17) is 5.11 Å². The Morgan fingerprint density at radius 2 is 2.06 bits per heavy atom. The topological polar surface area (TPSA) is 35.5 Å². The van der Waals surface area contributed by atoms with E-state index in [9.17, 15) is 0 Å². The Balaban J connectivity index is 2.35. The van der Waals surface area contributed by atoms with E-state index in [1.54, 1.807) is 0 Å². The number of nitrogens with one attached hydrogen (secondary N) is 1. The van der Waals surface area contributed by atoms with Crippen molar-refractivity contribution in [2.75, 3.05) is 33.3 Å². The van der Waals surface area contributed by atoms with Crippen LogP contribution in [0.25, 0.3) is 0 Å². The first kappa shape index (κ1) is 13.9. The molecule has 0 aliphatic heterocycles. The van der Waals surface area contributed by atoms with E-state index in [1.165, 1.54) is 32.2 Å². The van der Waals surface area contributed by atoms with E-state index in [-0.39, 0.29) is 0 Å². The van der Waals surface area contributed by atoms with E-state index in [2.05, 4.69) is 24.2 Å². The Morgan fingerprint density at radius 3 is 2.69 bits per heavy atom. The number of aliphatic hydroxyl groups is 1. The lowest BCUT2D eigenvalue weighted by Gasteiger charge is -2.35. The summed E-state index contributed by atoms with van der Waals surface area (Å²) < 4.78 is 0. The van der Waals surface area contributed by atoms with Gasteiger partial charge in [0.2, 0.25) is 0 Å². The second-order valence-corrected chi connectivity index (χ2v) is 4.91. The van der Waals surface area contributed by atoms with Gasteiger partial charge in [-0.05, 0) is 38.8 Å². The quantitative estimate of drug-likeness (QED) is 0.692. The Hall–Kier alpha value is -0.120. The molecule has 2 atom stereocenters. The van der Waals surface area contributed by atoms with E-state index in [0.717, 1.165) is 25.4 Å². The zero-order valence-electron chi connectivity index (χ0n) is 10.9. The summed E-state index contributed by atoms with van der Waals surface area (Å²) in [5, 5.41) is 12.3. The van der Waals surface area contributed by atoms with Crippen LogP contribution >= 0.6 is 0 Å². The zero-order chi connectivity index (χ0) is 11.8. The molecule has 0 aromatic carbocycles. The monoisotopic (exact) mass is 228 g/mol. The van der Waals surface area contributed by atoms with Crippen LogP contribution in [0, 0.1) is 5.92 Å². The molecule has 0 bridgehead atoms. The number of nitrogens with zero attached hydrogens (tertiary/aromatic N) is 1. The molecular formula is C13H28N2O. The van der Waals surface area contributed by atoms with E-state index < -0.39 is 0 Å². The van der Waals surface area contributed by atoms with Crippen LogP contribution in [-0.2, 0) is 0 Å². The Morgan fingerprint density at radius 1 is 1.31 bits per heavy atom. The summed E-state index contributed by atoms with van der Waals surface area (Å²) in [6.45, 7) is 5.88. The summed E-state index contributed by atoms with van der Waals surface area (Å²) in [6, 6.07) is 0.705. The summed E-state index contributed by atoms with van der Waals surface area (Å²) in [5.74, 6) is 0.803. The molecule has 96 valence electrons. The smallest absolute Gasteiger partial charge is 0.0443 e. The van der Waals surface area contributed by atoms with Crippen molar-refractivity contribution in [1.82, 2.24) is 10.2 Å². The fraction of sp³-hybridized carbons (Fsp3) is 1.00. The van der Waals surface area contributed by atoms with Crippen molar-refractivity contribution in [1.29, 1.82) is 0 Å². The molecule has 0 amide bonds. The van der Waals surface area contributed by atoms with Gasteiger partial charge in [-0.1, -0.05) is 19.8 Å². The van der Waals surface area contributed by atoms with E-state index >= 15 is 0 Å². The Bertz CT molecular complexity index is 175. The van der Waals surface area contributed by atoms with Gasteiger partial charge in [0.15, 0.2) is 0 Å². The van der Waals surface area contributed by atoms with Gasteiger partial charge in [0.1, 0.15) is 0 Å². The lowest BCUT2D eigenvalue weighted by molar-refractivity contribution is 0.164. The second-order valence-electron chi connectivity index (χ2n) is 4.91. The molecule has 1 saturated carbocycles. The van der Waals surface area contributed by atoms with Gasteiger partial charge in [0.25, 0.3) is 0 Å². The molecule has 1 aliphatic rings. The molecule has 0 aromatic rings. The highest BCUT2D eigenvalue weighted by molar-refractivity contribution is 4.82. The lowest BCUT2D eigenvalue weighted by atomic mass is 9.84. The molecule has 0 spiro atoms. The maximum atomic E-state index is 8.88. The average Bonchev–Trinajstić information content (AvgIpc) is 2.34. The van der Waals surface area contributed by atoms with Gasteiger partial charge in [0.05, 0.1) is 0 Å². The summed E-state index contributed by atoms with van der Waals surface area (Å²) in [4.78, 5) is 2.48. The van der Waals surface area contributed by atoms with Gasteiger partial charge in [-0.25, -0.2) is 0 Å². The summed E-state index contributed by atoms with van der Waals surface area (Å²) >= 11 is 0. The van der Waals surface area contributed by atoms with Crippen molar-refractivity contribution in [2.24, 2.45) is 5.92 Å². The third-order valence-electron chi connectivity index (χ3n) is 3.85. The van der Waals surface area contributed by atoms with Crippen LogP contribution in [0.5, 0.6) is 0 Å². The lowest BCUT2D eigenvalue weighted by Crippen LogP contribution is -2.43. The number of aliphatic hydroxyl groups excluding tert-OH is 1. The van der Waals surface area contributed by atoms with E-state index in [1.807, 2.05) is 0 Å². The Labute approximate surface area is 100 Å². The molecule has 0 heterocycles. The summed E-state index contributed by atoms with van der Waals surface area (Å²) in [7, 11) is 2.09. The van der Waals surface area contributed by atoms with Gasteiger partial charge in [-0.2, -0.15) is 0 Å². The molecular weight excluding hydrogens is 200 g/mol. The molecule has 16 heavy (non-hydrogen) atoms. The highest BCUT2D eigenvalue weighted by atomic mass is 16.3. The van der Waals surface area contributed by atoms with Crippen LogP contribution in [0.4, 0.5) is 0 Å². The second kappa shape index (κ2) is 8.04. The molecule has 1 aliphatic carbocycles. The minimum absolute atomic E-state index is 0.316. The van der Waals surface area contributed by atoms with Crippen LogP contribution in [-0.4, -0.2) is 49.3 Å². The van der Waals surface area contributed by atoms with Gasteiger partial charge >= 0.3 is 0 Å². The van der Waals surface area contributed by atoms with Crippen LogP contribution < -0.4 is 5.32 Å². The van der Waals surface area contributed by atoms with Gasteiger partial charge < -0.3 is 15.3 Å². The molecule has 1 rings (SSSR count). The van der Waals surface area contributed by atoms with Crippen molar-refractivity contribution in [2.45, 2.75) is 45.1 Å². The molecule has 0 saturated heterocycles. The standard InChI is InChI=1S/C13H28N2O/c1-3-15(9-6-10-16)11-12-7-4-5-8-13(12)14-2/h12-14,16H,3-11H2,1-2H3. The number of hydrogen-bond donors (Lipinski definition) is 2. The predicted octanol–water partition coefficient (Wildman–Crippen LogP) is 1.47. The molecule has 0 radical (unpaired) electrons. The summed E-state index contributed by atoms with van der Waals surface area (Å²) in [6.07, 6.45) is 6.37. The predicted molar refractivity (Wildman–Crippen MR) is 68.6 cm³/mol. The first-order valence-electron chi connectivity index (χ1n) is 6.82. The molecule has 3 heteroatoms. The first-order valence-corrected chi connectivity index (χ1v) is 6.82. The highest BCUT2D eigenvalue weighted by Gasteiger charge is 2.24. The number of rotatable bonds is 7. The Kier molecular flexibility index (Phi) is 7.01. The number of hydrogen-bond acceptors (Lipinski definition) is 3.